The molecule has 8 nitrogen and oxygen atoms in total. The predicted octanol–water partition coefficient (Wildman–Crippen LogP) is 1.76. The number of rotatable bonds is 8. The van der Waals surface area contributed by atoms with Gasteiger partial charge in [0.2, 0.25) is 0 Å². The molecule has 0 aliphatic rings. The van der Waals surface area contributed by atoms with Crippen LogP contribution in [-0.2, 0) is 14.3 Å². The molecule has 0 atom stereocenters. The fourth-order valence-electron chi connectivity index (χ4n) is 1.61. The summed E-state index contributed by atoms with van der Waals surface area (Å²) in [6.07, 6.45) is 1.44. The molecule has 0 fully saturated rings. The van der Waals surface area contributed by atoms with Crippen molar-refractivity contribution in [1.82, 2.24) is 0 Å². The van der Waals surface area contributed by atoms with Crippen LogP contribution in [0.2, 0.25) is 0 Å². The second-order valence-corrected chi connectivity index (χ2v) is 4.34. The molecular formula is C16H21N3O5. The number of aliphatic hydroxyl groups excluding tert-OH is 1. The highest BCUT2D eigenvalue weighted by Crippen LogP contribution is 2.10. The molecule has 0 bridgehead atoms. The van der Waals surface area contributed by atoms with E-state index in [4.69, 9.17) is 19.9 Å². The molecule has 0 aliphatic carbocycles. The highest BCUT2D eigenvalue weighted by atomic mass is 16.6. The highest BCUT2D eigenvalue weighted by molar-refractivity contribution is 6.18. The third-order valence-corrected chi connectivity index (χ3v) is 2.72. The van der Waals surface area contributed by atoms with Crippen LogP contribution in [0.25, 0.3) is 0 Å². The highest BCUT2D eigenvalue weighted by Gasteiger charge is 2.22. The number of aliphatic hydroxyl groups is 1. The second-order valence-electron chi connectivity index (χ2n) is 4.34. The summed E-state index contributed by atoms with van der Waals surface area (Å²) in [6.45, 7) is 3.54. The molecule has 1 aromatic rings. The lowest BCUT2D eigenvalue weighted by Crippen LogP contribution is -2.25. The van der Waals surface area contributed by atoms with Gasteiger partial charge in [-0.2, -0.15) is 5.10 Å². The average Bonchev–Trinajstić information content (AvgIpc) is 2.56. The van der Waals surface area contributed by atoms with E-state index in [1.807, 2.05) is 0 Å². The zero-order chi connectivity index (χ0) is 17.9. The summed E-state index contributed by atoms with van der Waals surface area (Å²) in [5.74, 6) is -1.10. The van der Waals surface area contributed by atoms with Gasteiger partial charge in [0.1, 0.15) is 5.75 Å². The number of carbonyl (C=O) groups is 1. The molecule has 3 N–H and O–H groups in total. The SMILES string of the molecule is CCOC(=O)C(=C(/O)OCC)/C(N)=N\N=C/c1ccc(OC)cc1. The van der Waals surface area contributed by atoms with E-state index in [0.29, 0.717) is 5.75 Å². The quantitative estimate of drug-likeness (QED) is 0.187. The van der Waals surface area contributed by atoms with Gasteiger partial charge in [-0.05, 0) is 43.7 Å². The molecule has 0 amide bonds. The van der Waals surface area contributed by atoms with E-state index in [1.54, 1.807) is 45.2 Å². The normalized spacial score (nSPS) is 12.7. The number of nitrogens with two attached hydrogens (primary N) is 1. The third kappa shape index (κ3) is 5.64. The van der Waals surface area contributed by atoms with Gasteiger partial charge in [0, 0.05) is 0 Å². The predicted molar refractivity (Wildman–Crippen MR) is 90.1 cm³/mol. The Morgan fingerprint density at radius 2 is 1.83 bits per heavy atom. The lowest BCUT2D eigenvalue weighted by molar-refractivity contribution is -0.138. The van der Waals surface area contributed by atoms with E-state index in [0.717, 1.165) is 5.56 Å². The second kappa shape index (κ2) is 9.88. The Morgan fingerprint density at radius 1 is 1.21 bits per heavy atom. The van der Waals surface area contributed by atoms with Gasteiger partial charge in [-0.25, -0.2) is 4.79 Å². The van der Waals surface area contributed by atoms with Gasteiger partial charge in [-0.15, -0.1) is 5.10 Å². The molecular weight excluding hydrogens is 314 g/mol. The number of benzene rings is 1. The van der Waals surface area contributed by atoms with E-state index in [2.05, 4.69) is 10.2 Å². The Bertz CT molecular complexity index is 636. The lowest BCUT2D eigenvalue weighted by Gasteiger charge is -2.08. The summed E-state index contributed by atoms with van der Waals surface area (Å²) < 4.78 is 14.8. The molecule has 0 spiro atoms. The Kier molecular flexibility index (Phi) is 7.83. The van der Waals surface area contributed by atoms with E-state index in [-0.39, 0.29) is 24.6 Å². The smallest absolute Gasteiger partial charge is 0.349 e. The van der Waals surface area contributed by atoms with Gasteiger partial charge in [-0.3, -0.25) is 0 Å². The maximum absolute atomic E-state index is 11.9. The Labute approximate surface area is 140 Å². The van der Waals surface area contributed by atoms with Crippen LogP contribution < -0.4 is 10.5 Å². The molecule has 0 saturated heterocycles. The van der Waals surface area contributed by atoms with Crippen molar-refractivity contribution in [3.8, 4) is 5.75 Å². The maximum Gasteiger partial charge on any atom is 0.349 e. The Balaban J connectivity index is 2.97. The molecule has 1 aromatic carbocycles. The van der Waals surface area contributed by atoms with Crippen LogP contribution in [0.15, 0.2) is 46.0 Å². The van der Waals surface area contributed by atoms with Crippen LogP contribution in [-0.4, -0.2) is 43.4 Å². The van der Waals surface area contributed by atoms with Gasteiger partial charge in [-0.1, -0.05) is 0 Å². The maximum atomic E-state index is 11.9. The van der Waals surface area contributed by atoms with Crippen LogP contribution in [0.4, 0.5) is 0 Å². The molecule has 24 heavy (non-hydrogen) atoms. The van der Waals surface area contributed by atoms with Crippen molar-refractivity contribution in [2.24, 2.45) is 15.9 Å². The van der Waals surface area contributed by atoms with Crippen LogP contribution in [0.5, 0.6) is 5.75 Å². The van der Waals surface area contributed by atoms with Gasteiger partial charge in [0.15, 0.2) is 11.4 Å². The van der Waals surface area contributed by atoms with Crippen molar-refractivity contribution < 1.29 is 24.1 Å². The van der Waals surface area contributed by atoms with E-state index in [1.165, 1.54) is 6.21 Å². The first-order valence-electron chi connectivity index (χ1n) is 7.27. The Hall–Kier alpha value is -3.03. The summed E-state index contributed by atoms with van der Waals surface area (Å²) in [6, 6.07) is 7.07. The van der Waals surface area contributed by atoms with Gasteiger partial charge < -0.3 is 25.1 Å². The van der Waals surface area contributed by atoms with Crippen molar-refractivity contribution in [1.29, 1.82) is 0 Å². The Morgan fingerprint density at radius 3 is 2.38 bits per heavy atom. The first kappa shape index (κ1) is 19.0. The van der Waals surface area contributed by atoms with Crippen molar-refractivity contribution in [2.45, 2.75) is 13.8 Å². The largest absolute Gasteiger partial charge is 0.497 e. The van der Waals surface area contributed by atoms with Gasteiger partial charge in [0.25, 0.3) is 5.95 Å². The van der Waals surface area contributed by atoms with Gasteiger partial charge >= 0.3 is 5.97 Å². The van der Waals surface area contributed by atoms with Gasteiger partial charge in [0.05, 0.1) is 26.5 Å². The number of nitrogens with zero attached hydrogens (tertiary/aromatic N) is 2. The standard InChI is InChI=1S/C16H21N3O5/c1-4-23-15(20)13(16(21)24-5-2)14(17)19-18-10-11-6-8-12(22-3)9-7-11/h6-10,20H,4-5H2,1-3H3,(H2,17,19)/b15-13-,18-10-. The number of methoxy groups -OCH3 is 1. The number of ether oxygens (including phenoxy) is 3. The zero-order valence-electron chi connectivity index (χ0n) is 13.9. The topological polar surface area (TPSA) is 116 Å². The molecule has 0 heterocycles. The first-order chi connectivity index (χ1) is 11.5. The van der Waals surface area contributed by atoms with Crippen LogP contribution in [0.3, 0.4) is 0 Å². The molecule has 0 unspecified atom stereocenters. The molecule has 1 rings (SSSR count). The summed E-state index contributed by atoms with van der Waals surface area (Å²) in [7, 11) is 1.57. The zero-order valence-corrected chi connectivity index (χ0v) is 13.9. The summed E-state index contributed by atoms with van der Waals surface area (Å²) in [5, 5.41) is 17.3. The minimum Gasteiger partial charge on any atom is -0.497 e. The summed E-state index contributed by atoms with van der Waals surface area (Å²) >= 11 is 0. The fraction of sp³-hybridized carbons (Fsp3) is 0.312. The van der Waals surface area contributed by atoms with Crippen LogP contribution in [0, 0.1) is 0 Å². The van der Waals surface area contributed by atoms with Crippen molar-refractivity contribution in [3.05, 3.63) is 41.3 Å². The summed E-state index contributed by atoms with van der Waals surface area (Å²) in [4.78, 5) is 11.9. The minimum atomic E-state index is -0.843. The molecule has 0 aliphatic heterocycles. The number of amidine groups is 1. The molecule has 0 aromatic heterocycles. The number of carbonyl (C=O) groups excluding carboxylic acids is 1. The minimum absolute atomic E-state index is 0.115. The molecule has 0 radical (unpaired) electrons. The monoisotopic (exact) mass is 335 g/mol. The van der Waals surface area contributed by atoms with Crippen LogP contribution >= 0.6 is 0 Å². The lowest BCUT2D eigenvalue weighted by atomic mass is 10.2. The van der Waals surface area contributed by atoms with E-state index < -0.39 is 11.9 Å². The van der Waals surface area contributed by atoms with E-state index >= 15 is 0 Å². The number of hydrogen-bond donors (Lipinski definition) is 2. The fourth-order valence-corrected chi connectivity index (χ4v) is 1.61. The van der Waals surface area contributed by atoms with E-state index in [9.17, 15) is 9.90 Å². The first-order valence-corrected chi connectivity index (χ1v) is 7.27. The average molecular weight is 335 g/mol. The van der Waals surface area contributed by atoms with Crippen molar-refractivity contribution in [3.63, 3.8) is 0 Å². The van der Waals surface area contributed by atoms with Crippen molar-refractivity contribution >= 4 is 18.0 Å². The third-order valence-electron chi connectivity index (χ3n) is 2.72. The molecule has 8 heteroatoms. The molecule has 130 valence electrons. The number of esters is 1. The van der Waals surface area contributed by atoms with Crippen molar-refractivity contribution in [2.75, 3.05) is 20.3 Å². The number of hydrogen-bond acceptors (Lipinski definition) is 7. The van der Waals surface area contributed by atoms with Crippen LogP contribution in [0.1, 0.15) is 19.4 Å². The molecule has 0 saturated carbocycles. The summed E-state index contributed by atoms with van der Waals surface area (Å²) in [5.41, 5.74) is 6.09.